The van der Waals surface area contributed by atoms with E-state index in [1.165, 1.54) is 0 Å². The van der Waals surface area contributed by atoms with Gasteiger partial charge in [-0.1, -0.05) is 6.07 Å². The van der Waals surface area contributed by atoms with Gasteiger partial charge in [-0.05, 0) is 32.4 Å². The fourth-order valence-electron chi connectivity index (χ4n) is 0.996. The zero-order chi connectivity index (χ0) is 11.5. The van der Waals surface area contributed by atoms with Crippen molar-refractivity contribution in [2.24, 2.45) is 5.73 Å². The lowest BCUT2D eigenvalue weighted by atomic mass is 10.2. The number of ether oxygens (including phenoxy) is 1. The first-order valence-corrected chi connectivity index (χ1v) is 4.81. The summed E-state index contributed by atoms with van der Waals surface area (Å²) in [5.74, 6) is -0.411. The van der Waals surface area contributed by atoms with Gasteiger partial charge in [-0.2, -0.15) is 0 Å². The second kappa shape index (κ2) is 4.40. The summed E-state index contributed by atoms with van der Waals surface area (Å²) < 4.78 is 5.16. The molecule has 4 heteroatoms. The maximum Gasteiger partial charge on any atom is 0.357 e. The van der Waals surface area contributed by atoms with Crippen molar-refractivity contribution in [3.63, 3.8) is 0 Å². The van der Waals surface area contributed by atoms with Gasteiger partial charge in [0.05, 0.1) is 0 Å². The molecule has 0 amide bonds. The van der Waals surface area contributed by atoms with E-state index in [9.17, 15) is 4.79 Å². The van der Waals surface area contributed by atoms with Gasteiger partial charge in [-0.25, -0.2) is 9.78 Å². The lowest BCUT2D eigenvalue weighted by molar-refractivity contribution is 0.00628. The van der Waals surface area contributed by atoms with E-state index in [0.29, 0.717) is 12.2 Å². The molecule has 1 aromatic rings. The molecule has 0 saturated heterocycles. The Labute approximate surface area is 89.5 Å². The van der Waals surface area contributed by atoms with Crippen molar-refractivity contribution in [1.82, 2.24) is 4.98 Å². The number of rotatable bonds is 2. The van der Waals surface area contributed by atoms with Crippen LogP contribution < -0.4 is 5.73 Å². The first-order valence-electron chi connectivity index (χ1n) is 4.81. The Balaban J connectivity index is 2.75. The van der Waals surface area contributed by atoms with Crippen LogP contribution in [0.2, 0.25) is 0 Å². The van der Waals surface area contributed by atoms with E-state index in [-0.39, 0.29) is 0 Å². The molecule has 1 heterocycles. The summed E-state index contributed by atoms with van der Waals surface area (Å²) in [4.78, 5) is 15.5. The quantitative estimate of drug-likeness (QED) is 0.748. The first kappa shape index (κ1) is 11.7. The number of carbonyl (C=O) groups excluding carboxylic acids is 1. The molecular formula is C11H16N2O2. The molecule has 0 aromatic carbocycles. The molecule has 0 saturated carbocycles. The van der Waals surface area contributed by atoms with Crippen molar-refractivity contribution in [1.29, 1.82) is 0 Å². The number of nitrogens with zero attached hydrogens (tertiary/aromatic N) is 1. The lowest BCUT2D eigenvalue weighted by Crippen LogP contribution is -2.24. The number of hydrogen-bond donors (Lipinski definition) is 1. The van der Waals surface area contributed by atoms with Crippen LogP contribution >= 0.6 is 0 Å². The monoisotopic (exact) mass is 208 g/mol. The standard InChI is InChI=1S/C11H16N2O2/c1-11(2,3)15-10(14)9-5-4-8(6-12)7-13-9/h4-5,7H,6,12H2,1-3H3. The van der Waals surface area contributed by atoms with Crippen molar-refractivity contribution in [2.75, 3.05) is 0 Å². The molecule has 1 rings (SSSR count). The minimum absolute atomic E-state index is 0.308. The molecule has 2 N–H and O–H groups in total. The van der Waals surface area contributed by atoms with Crippen molar-refractivity contribution >= 4 is 5.97 Å². The zero-order valence-corrected chi connectivity index (χ0v) is 9.28. The molecule has 82 valence electrons. The Morgan fingerprint density at radius 3 is 2.53 bits per heavy atom. The Bertz CT molecular complexity index is 339. The summed E-state index contributed by atoms with van der Waals surface area (Å²) in [6.45, 7) is 5.87. The number of carbonyl (C=O) groups is 1. The van der Waals surface area contributed by atoms with Gasteiger partial charge in [-0.3, -0.25) is 0 Å². The molecule has 0 bridgehead atoms. The van der Waals surface area contributed by atoms with Crippen LogP contribution in [-0.2, 0) is 11.3 Å². The van der Waals surface area contributed by atoms with Gasteiger partial charge in [0.2, 0.25) is 0 Å². The van der Waals surface area contributed by atoms with E-state index in [0.717, 1.165) is 5.56 Å². The molecule has 0 aliphatic rings. The number of hydrogen-bond acceptors (Lipinski definition) is 4. The van der Waals surface area contributed by atoms with Gasteiger partial charge in [0.1, 0.15) is 11.3 Å². The van der Waals surface area contributed by atoms with Crippen LogP contribution in [0.5, 0.6) is 0 Å². The van der Waals surface area contributed by atoms with Crippen LogP contribution in [0.4, 0.5) is 0 Å². The molecule has 15 heavy (non-hydrogen) atoms. The predicted octanol–water partition coefficient (Wildman–Crippen LogP) is 1.50. The predicted molar refractivity (Wildman–Crippen MR) is 57.3 cm³/mol. The number of esters is 1. The molecule has 0 fully saturated rings. The van der Waals surface area contributed by atoms with E-state index < -0.39 is 11.6 Å². The number of nitrogens with two attached hydrogens (primary N) is 1. The highest BCUT2D eigenvalue weighted by Gasteiger charge is 2.18. The SMILES string of the molecule is CC(C)(C)OC(=O)c1ccc(CN)cn1. The van der Waals surface area contributed by atoms with Crippen LogP contribution in [0.1, 0.15) is 36.8 Å². The second-order valence-corrected chi connectivity index (χ2v) is 4.26. The minimum atomic E-state index is -0.495. The van der Waals surface area contributed by atoms with Gasteiger partial charge in [0, 0.05) is 12.7 Å². The van der Waals surface area contributed by atoms with Gasteiger partial charge < -0.3 is 10.5 Å². The topological polar surface area (TPSA) is 65.2 Å². The molecule has 1 aromatic heterocycles. The van der Waals surface area contributed by atoms with E-state index in [1.807, 2.05) is 20.8 Å². The molecule has 0 atom stereocenters. The van der Waals surface area contributed by atoms with E-state index >= 15 is 0 Å². The number of pyridine rings is 1. The Hall–Kier alpha value is -1.42. The molecular weight excluding hydrogens is 192 g/mol. The summed E-state index contributed by atoms with van der Waals surface area (Å²) in [6.07, 6.45) is 1.58. The maximum atomic E-state index is 11.5. The van der Waals surface area contributed by atoms with Crippen LogP contribution in [0, 0.1) is 0 Å². The molecule has 0 spiro atoms. The minimum Gasteiger partial charge on any atom is -0.455 e. The molecule has 0 aliphatic heterocycles. The van der Waals surface area contributed by atoms with E-state index in [2.05, 4.69) is 4.98 Å². The second-order valence-electron chi connectivity index (χ2n) is 4.26. The van der Waals surface area contributed by atoms with Crippen LogP contribution in [-0.4, -0.2) is 16.6 Å². The smallest absolute Gasteiger partial charge is 0.357 e. The molecule has 0 aliphatic carbocycles. The van der Waals surface area contributed by atoms with Crippen molar-refractivity contribution in [3.05, 3.63) is 29.6 Å². The highest BCUT2D eigenvalue weighted by atomic mass is 16.6. The van der Waals surface area contributed by atoms with Crippen molar-refractivity contribution in [3.8, 4) is 0 Å². The Morgan fingerprint density at radius 2 is 2.13 bits per heavy atom. The molecule has 0 radical (unpaired) electrons. The van der Waals surface area contributed by atoms with Crippen LogP contribution in [0.15, 0.2) is 18.3 Å². The Morgan fingerprint density at radius 1 is 1.47 bits per heavy atom. The van der Waals surface area contributed by atoms with Gasteiger partial charge in [-0.15, -0.1) is 0 Å². The average molecular weight is 208 g/mol. The first-order chi connectivity index (χ1) is 6.92. The highest BCUT2D eigenvalue weighted by molar-refractivity contribution is 5.87. The normalized spacial score (nSPS) is 11.2. The zero-order valence-electron chi connectivity index (χ0n) is 9.28. The van der Waals surface area contributed by atoms with Gasteiger partial charge in [0.15, 0.2) is 0 Å². The highest BCUT2D eigenvalue weighted by Crippen LogP contribution is 2.10. The van der Waals surface area contributed by atoms with Crippen LogP contribution in [0.3, 0.4) is 0 Å². The molecule has 4 nitrogen and oxygen atoms in total. The van der Waals surface area contributed by atoms with Gasteiger partial charge in [0.25, 0.3) is 0 Å². The largest absolute Gasteiger partial charge is 0.455 e. The summed E-state index contributed by atoms with van der Waals surface area (Å²) >= 11 is 0. The Kier molecular flexibility index (Phi) is 3.42. The third kappa shape index (κ3) is 3.67. The van der Waals surface area contributed by atoms with Crippen LogP contribution in [0.25, 0.3) is 0 Å². The fourth-order valence-corrected chi connectivity index (χ4v) is 0.996. The van der Waals surface area contributed by atoms with Gasteiger partial charge >= 0.3 is 5.97 Å². The summed E-state index contributed by atoms with van der Waals surface area (Å²) in [6, 6.07) is 3.39. The maximum absolute atomic E-state index is 11.5. The van der Waals surface area contributed by atoms with Crippen molar-refractivity contribution < 1.29 is 9.53 Å². The summed E-state index contributed by atoms with van der Waals surface area (Å²) in [7, 11) is 0. The molecule has 0 unspecified atom stereocenters. The average Bonchev–Trinajstić information content (AvgIpc) is 2.15. The summed E-state index contributed by atoms with van der Waals surface area (Å²) in [5.41, 5.74) is 6.13. The third-order valence-corrected chi connectivity index (χ3v) is 1.67. The van der Waals surface area contributed by atoms with E-state index in [1.54, 1.807) is 18.3 Å². The summed E-state index contributed by atoms with van der Waals surface area (Å²) in [5, 5.41) is 0. The third-order valence-electron chi connectivity index (χ3n) is 1.67. The fraction of sp³-hybridized carbons (Fsp3) is 0.455. The lowest BCUT2D eigenvalue weighted by Gasteiger charge is -2.18. The number of aromatic nitrogens is 1. The van der Waals surface area contributed by atoms with E-state index in [4.69, 9.17) is 10.5 Å². The van der Waals surface area contributed by atoms with Crippen molar-refractivity contribution in [2.45, 2.75) is 32.9 Å².